The van der Waals surface area contributed by atoms with Crippen LogP contribution in [0.1, 0.15) is 45.5 Å². The highest BCUT2D eigenvalue weighted by Gasteiger charge is 2.20. The van der Waals surface area contributed by atoms with E-state index in [1.807, 2.05) is 36.4 Å². The quantitative estimate of drug-likeness (QED) is 0.362. The lowest BCUT2D eigenvalue weighted by Gasteiger charge is -2.30. The SMILES string of the molecule is O=C(Nc1ccc(N2CCCCC2)c(C(=O)NCCc2ccccc2)c1)c1ccc([N+](=O)[O-])cc1. The largest absolute Gasteiger partial charge is 0.371 e. The second kappa shape index (κ2) is 11.3. The van der Waals surface area contributed by atoms with Gasteiger partial charge in [0.1, 0.15) is 0 Å². The fraction of sp³-hybridized carbons (Fsp3) is 0.259. The van der Waals surface area contributed by atoms with Gasteiger partial charge >= 0.3 is 0 Å². The molecule has 0 bridgehead atoms. The minimum atomic E-state index is -0.510. The highest BCUT2D eigenvalue weighted by atomic mass is 16.6. The number of non-ortho nitro benzene ring substituents is 1. The van der Waals surface area contributed by atoms with E-state index >= 15 is 0 Å². The Bertz CT molecular complexity index is 1190. The molecule has 1 saturated heterocycles. The molecule has 8 nitrogen and oxygen atoms in total. The van der Waals surface area contributed by atoms with Crippen LogP contribution in [0.5, 0.6) is 0 Å². The van der Waals surface area contributed by atoms with Gasteiger partial charge in [-0.05, 0) is 61.6 Å². The van der Waals surface area contributed by atoms with Crippen molar-refractivity contribution >= 4 is 28.9 Å². The van der Waals surface area contributed by atoms with Crippen molar-refractivity contribution in [3.05, 3.63) is 99.6 Å². The number of anilines is 2. The van der Waals surface area contributed by atoms with Crippen molar-refractivity contribution in [1.29, 1.82) is 0 Å². The van der Waals surface area contributed by atoms with Crippen molar-refractivity contribution < 1.29 is 14.5 Å². The number of carbonyl (C=O) groups excluding carboxylic acids is 2. The maximum Gasteiger partial charge on any atom is 0.269 e. The van der Waals surface area contributed by atoms with Gasteiger partial charge in [0.05, 0.1) is 10.5 Å². The molecule has 0 aliphatic carbocycles. The number of carbonyl (C=O) groups is 2. The fourth-order valence-electron chi connectivity index (χ4n) is 4.20. The Morgan fingerprint density at radius 2 is 1.60 bits per heavy atom. The smallest absolute Gasteiger partial charge is 0.269 e. The first-order valence-electron chi connectivity index (χ1n) is 11.8. The summed E-state index contributed by atoms with van der Waals surface area (Å²) in [5.74, 6) is -0.589. The normalized spacial score (nSPS) is 13.2. The lowest BCUT2D eigenvalue weighted by atomic mass is 10.1. The molecule has 3 aromatic rings. The minimum Gasteiger partial charge on any atom is -0.371 e. The Balaban J connectivity index is 1.51. The summed E-state index contributed by atoms with van der Waals surface area (Å²) >= 11 is 0. The van der Waals surface area contributed by atoms with E-state index in [4.69, 9.17) is 0 Å². The second-order valence-corrected chi connectivity index (χ2v) is 8.53. The fourth-order valence-corrected chi connectivity index (χ4v) is 4.20. The van der Waals surface area contributed by atoms with Crippen molar-refractivity contribution in [3.63, 3.8) is 0 Å². The number of rotatable bonds is 8. The van der Waals surface area contributed by atoms with Crippen molar-refractivity contribution in [3.8, 4) is 0 Å². The molecule has 180 valence electrons. The number of nitro groups is 1. The number of benzene rings is 3. The molecule has 0 spiro atoms. The number of amides is 2. The van der Waals surface area contributed by atoms with Crippen LogP contribution in [0.3, 0.4) is 0 Å². The topological polar surface area (TPSA) is 105 Å². The molecule has 0 saturated carbocycles. The zero-order valence-corrected chi connectivity index (χ0v) is 19.4. The summed E-state index contributed by atoms with van der Waals surface area (Å²) in [5.41, 5.74) is 3.22. The summed E-state index contributed by atoms with van der Waals surface area (Å²) in [6.07, 6.45) is 4.06. The monoisotopic (exact) mass is 472 g/mol. The van der Waals surface area contributed by atoms with E-state index in [-0.39, 0.29) is 11.6 Å². The molecular weight excluding hydrogens is 444 g/mol. The molecule has 0 aromatic heterocycles. The molecule has 2 N–H and O–H groups in total. The van der Waals surface area contributed by atoms with Crippen molar-refractivity contribution in [2.75, 3.05) is 29.9 Å². The lowest BCUT2D eigenvalue weighted by molar-refractivity contribution is -0.384. The number of nitrogens with zero attached hydrogens (tertiary/aromatic N) is 2. The third-order valence-corrected chi connectivity index (χ3v) is 6.08. The van der Waals surface area contributed by atoms with Crippen LogP contribution >= 0.6 is 0 Å². The van der Waals surface area contributed by atoms with Gasteiger partial charge in [-0.25, -0.2) is 0 Å². The van der Waals surface area contributed by atoms with E-state index in [0.717, 1.165) is 43.6 Å². The number of nitrogens with one attached hydrogen (secondary N) is 2. The van der Waals surface area contributed by atoms with Crippen LogP contribution in [0, 0.1) is 10.1 Å². The third-order valence-electron chi connectivity index (χ3n) is 6.08. The maximum absolute atomic E-state index is 13.2. The van der Waals surface area contributed by atoms with E-state index in [2.05, 4.69) is 15.5 Å². The summed E-state index contributed by atoms with van der Waals surface area (Å²) in [6, 6.07) is 20.7. The highest BCUT2D eigenvalue weighted by molar-refractivity contribution is 6.06. The van der Waals surface area contributed by atoms with Crippen LogP contribution in [0.25, 0.3) is 0 Å². The first-order chi connectivity index (χ1) is 17.0. The average molecular weight is 473 g/mol. The Morgan fingerprint density at radius 1 is 0.886 bits per heavy atom. The molecular formula is C27H28N4O4. The number of piperidine rings is 1. The Labute approximate surface area is 204 Å². The first kappa shape index (κ1) is 23.9. The number of nitro benzene ring substituents is 1. The summed E-state index contributed by atoms with van der Waals surface area (Å²) in [4.78, 5) is 38.5. The predicted octanol–water partition coefficient (Wildman–Crippen LogP) is 4.81. The Hall–Kier alpha value is -4.20. The van der Waals surface area contributed by atoms with Gasteiger partial charge in [-0.2, -0.15) is 0 Å². The predicted molar refractivity (Wildman–Crippen MR) is 136 cm³/mol. The second-order valence-electron chi connectivity index (χ2n) is 8.53. The van der Waals surface area contributed by atoms with Gasteiger partial charge in [-0.1, -0.05) is 30.3 Å². The molecule has 1 fully saturated rings. The van der Waals surface area contributed by atoms with Crippen LogP contribution in [0.4, 0.5) is 17.1 Å². The molecule has 8 heteroatoms. The van der Waals surface area contributed by atoms with E-state index < -0.39 is 10.8 Å². The average Bonchev–Trinajstić information content (AvgIpc) is 2.89. The Kier molecular flexibility index (Phi) is 7.72. The van der Waals surface area contributed by atoms with Gasteiger partial charge in [0.15, 0.2) is 0 Å². The summed E-state index contributed by atoms with van der Waals surface area (Å²) in [6.45, 7) is 2.28. The van der Waals surface area contributed by atoms with Crippen LogP contribution in [-0.2, 0) is 6.42 Å². The maximum atomic E-state index is 13.2. The van der Waals surface area contributed by atoms with Crippen molar-refractivity contribution in [2.24, 2.45) is 0 Å². The van der Waals surface area contributed by atoms with Gasteiger partial charge in [-0.15, -0.1) is 0 Å². The molecule has 1 aliphatic rings. The van der Waals surface area contributed by atoms with Crippen molar-refractivity contribution in [2.45, 2.75) is 25.7 Å². The number of hydrogen-bond acceptors (Lipinski definition) is 5. The van der Waals surface area contributed by atoms with Gasteiger partial charge in [0.2, 0.25) is 0 Å². The van der Waals surface area contributed by atoms with E-state index in [0.29, 0.717) is 23.4 Å². The van der Waals surface area contributed by atoms with Crippen LogP contribution in [0.2, 0.25) is 0 Å². The van der Waals surface area contributed by atoms with Gasteiger partial charge < -0.3 is 15.5 Å². The van der Waals surface area contributed by atoms with E-state index in [9.17, 15) is 19.7 Å². The molecule has 1 heterocycles. The van der Waals surface area contributed by atoms with Gasteiger partial charge in [-0.3, -0.25) is 19.7 Å². The van der Waals surface area contributed by atoms with Gasteiger partial charge in [0, 0.05) is 48.7 Å². The zero-order chi connectivity index (χ0) is 24.6. The standard InChI is InChI=1S/C27H28N4O4/c32-26(21-9-12-23(13-10-21)31(34)35)29-22-11-14-25(30-17-5-2-6-18-30)24(19-22)27(33)28-16-15-20-7-3-1-4-8-20/h1,3-4,7-14,19H,2,5-6,15-18H2,(H,28,33)(H,29,32). The molecule has 35 heavy (non-hydrogen) atoms. The zero-order valence-electron chi connectivity index (χ0n) is 19.4. The van der Waals surface area contributed by atoms with E-state index in [1.165, 1.54) is 30.7 Å². The molecule has 1 aliphatic heterocycles. The summed E-state index contributed by atoms with van der Waals surface area (Å²) in [5, 5.41) is 16.7. The summed E-state index contributed by atoms with van der Waals surface area (Å²) in [7, 11) is 0. The number of hydrogen-bond donors (Lipinski definition) is 2. The molecule has 0 radical (unpaired) electrons. The molecule has 3 aromatic carbocycles. The minimum absolute atomic E-state index is 0.0816. The van der Waals surface area contributed by atoms with Crippen LogP contribution < -0.4 is 15.5 Å². The van der Waals surface area contributed by atoms with Crippen LogP contribution in [-0.4, -0.2) is 36.4 Å². The van der Waals surface area contributed by atoms with Gasteiger partial charge in [0.25, 0.3) is 17.5 Å². The molecule has 0 unspecified atom stereocenters. The van der Waals surface area contributed by atoms with Crippen LogP contribution in [0.15, 0.2) is 72.8 Å². The van der Waals surface area contributed by atoms with E-state index in [1.54, 1.807) is 12.1 Å². The molecule has 4 rings (SSSR count). The highest BCUT2D eigenvalue weighted by Crippen LogP contribution is 2.27. The lowest BCUT2D eigenvalue weighted by Crippen LogP contribution is -2.33. The summed E-state index contributed by atoms with van der Waals surface area (Å²) < 4.78 is 0. The third kappa shape index (κ3) is 6.23. The first-order valence-corrected chi connectivity index (χ1v) is 11.8. The molecule has 2 amide bonds. The van der Waals surface area contributed by atoms with Crippen molar-refractivity contribution in [1.82, 2.24) is 5.32 Å². The Morgan fingerprint density at radius 3 is 2.29 bits per heavy atom. The molecule has 0 atom stereocenters.